The maximum absolute atomic E-state index is 12.0. The number of nitrogens with one attached hydrogen (secondary N) is 1. The third-order valence-corrected chi connectivity index (χ3v) is 4.88. The molecule has 0 unspecified atom stereocenters. The van der Waals surface area contributed by atoms with Gasteiger partial charge in [-0.25, -0.2) is 4.79 Å². The first-order chi connectivity index (χ1) is 12.0. The van der Waals surface area contributed by atoms with Crippen LogP contribution < -0.4 is 14.8 Å². The van der Waals surface area contributed by atoms with E-state index in [-0.39, 0.29) is 0 Å². The van der Waals surface area contributed by atoms with Gasteiger partial charge < -0.3 is 19.5 Å². The molecule has 0 saturated carbocycles. The lowest BCUT2D eigenvalue weighted by Crippen LogP contribution is -2.03. The molecule has 132 valence electrons. The van der Waals surface area contributed by atoms with E-state index in [1.165, 1.54) is 11.3 Å². The van der Waals surface area contributed by atoms with Gasteiger partial charge in [0.25, 0.3) is 0 Å². The summed E-state index contributed by atoms with van der Waals surface area (Å²) in [4.78, 5) is 12.5. The third-order valence-electron chi connectivity index (χ3n) is 3.65. The molecular weight excluding hydrogens is 340 g/mol. The van der Waals surface area contributed by atoms with E-state index in [4.69, 9.17) is 14.2 Å². The fourth-order valence-electron chi connectivity index (χ4n) is 2.34. The summed E-state index contributed by atoms with van der Waals surface area (Å²) in [6.45, 7) is 4.25. The quantitative estimate of drug-likeness (QED) is 0.758. The number of hydrogen-bond acceptors (Lipinski definition) is 7. The molecule has 25 heavy (non-hydrogen) atoms. The van der Waals surface area contributed by atoms with E-state index in [1.807, 2.05) is 12.1 Å². The molecule has 7 heteroatoms. The maximum atomic E-state index is 12.0. The highest BCUT2D eigenvalue weighted by molar-refractivity contribution is 7.18. The Bertz CT molecular complexity index is 808. The van der Waals surface area contributed by atoms with Gasteiger partial charge in [-0.1, -0.05) is 0 Å². The Morgan fingerprint density at radius 3 is 2.68 bits per heavy atom. The van der Waals surface area contributed by atoms with Crippen molar-refractivity contribution in [3.63, 3.8) is 0 Å². The molecule has 2 aromatic rings. The van der Waals surface area contributed by atoms with Crippen LogP contribution in [0.5, 0.6) is 11.5 Å². The van der Waals surface area contributed by atoms with Gasteiger partial charge in [0.05, 0.1) is 26.4 Å². The monoisotopic (exact) mass is 360 g/mol. The number of nitriles is 1. The number of rotatable bonds is 7. The van der Waals surface area contributed by atoms with E-state index >= 15 is 0 Å². The van der Waals surface area contributed by atoms with Crippen LogP contribution in [-0.4, -0.2) is 26.8 Å². The Morgan fingerprint density at radius 1 is 1.32 bits per heavy atom. The van der Waals surface area contributed by atoms with E-state index in [2.05, 4.69) is 11.4 Å². The first kappa shape index (κ1) is 18.6. The average Bonchev–Trinajstić information content (AvgIpc) is 2.95. The summed E-state index contributed by atoms with van der Waals surface area (Å²) in [6, 6.07) is 7.68. The largest absolute Gasteiger partial charge is 0.497 e. The highest BCUT2D eigenvalue weighted by Gasteiger charge is 2.21. The Morgan fingerprint density at radius 2 is 2.08 bits per heavy atom. The fraction of sp³-hybridized carbons (Fsp3) is 0.333. The Kier molecular flexibility index (Phi) is 6.25. The number of esters is 1. The minimum Gasteiger partial charge on any atom is -0.497 e. The molecule has 0 radical (unpaired) electrons. The van der Waals surface area contributed by atoms with Crippen molar-refractivity contribution in [3.8, 4) is 17.6 Å². The Labute approximate surface area is 150 Å². The molecule has 0 amide bonds. The van der Waals surface area contributed by atoms with E-state index in [1.54, 1.807) is 34.1 Å². The minimum atomic E-state index is -0.406. The topological polar surface area (TPSA) is 80.6 Å². The number of hydrogen-bond donors (Lipinski definition) is 1. The van der Waals surface area contributed by atoms with Gasteiger partial charge >= 0.3 is 5.97 Å². The third kappa shape index (κ3) is 4.03. The molecule has 0 aliphatic rings. The normalized spacial score (nSPS) is 10.0. The number of nitrogens with zero attached hydrogens (tertiary/aromatic N) is 1. The van der Waals surface area contributed by atoms with Gasteiger partial charge in [-0.3, -0.25) is 0 Å². The molecule has 0 atom stereocenters. The van der Waals surface area contributed by atoms with Crippen molar-refractivity contribution in [1.82, 2.24) is 0 Å². The number of carbonyl (C=O) groups is 1. The lowest BCUT2D eigenvalue weighted by molar-refractivity contribution is 0.0531. The van der Waals surface area contributed by atoms with Gasteiger partial charge in [-0.2, -0.15) is 5.26 Å². The highest BCUT2D eigenvalue weighted by Crippen LogP contribution is 2.34. The van der Waals surface area contributed by atoms with Gasteiger partial charge in [0.2, 0.25) is 0 Å². The van der Waals surface area contributed by atoms with Crippen LogP contribution in [0.4, 0.5) is 5.00 Å². The number of anilines is 1. The molecule has 6 nitrogen and oxygen atoms in total. The van der Waals surface area contributed by atoms with E-state index in [0.29, 0.717) is 45.7 Å². The minimum absolute atomic E-state index is 0.296. The maximum Gasteiger partial charge on any atom is 0.348 e. The molecule has 1 aromatic heterocycles. The molecule has 2 rings (SSSR count). The van der Waals surface area contributed by atoms with Crippen molar-refractivity contribution in [2.24, 2.45) is 0 Å². The summed E-state index contributed by atoms with van der Waals surface area (Å²) < 4.78 is 15.6. The number of benzene rings is 1. The Balaban J connectivity index is 2.25. The lowest BCUT2D eigenvalue weighted by atomic mass is 10.1. The molecule has 1 heterocycles. The van der Waals surface area contributed by atoms with Crippen molar-refractivity contribution in [2.75, 3.05) is 26.1 Å². The van der Waals surface area contributed by atoms with E-state index < -0.39 is 5.97 Å². The van der Waals surface area contributed by atoms with Crippen LogP contribution in [0.2, 0.25) is 0 Å². The molecule has 0 spiro atoms. The second kappa shape index (κ2) is 8.40. The molecule has 1 N–H and O–H groups in total. The summed E-state index contributed by atoms with van der Waals surface area (Å²) in [5.41, 5.74) is 2.01. The molecule has 0 aliphatic carbocycles. The van der Waals surface area contributed by atoms with Gasteiger partial charge in [-0.15, -0.1) is 11.3 Å². The lowest BCUT2D eigenvalue weighted by Gasteiger charge is -2.11. The predicted molar refractivity (Wildman–Crippen MR) is 96.6 cm³/mol. The molecule has 0 fully saturated rings. The molecular formula is C18H20N2O4S. The van der Waals surface area contributed by atoms with Crippen molar-refractivity contribution in [3.05, 3.63) is 39.8 Å². The zero-order chi connectivity index (χ0) is 18.4. The summed E-state index contributed by atoms with van der Waals surface area (Å²) >= 11 is 1.23. The van der Waals surface area contributed by atoms with Crippen molar-refractivity contribution >= 4 is 22.3 Å². The number of ether oxygens (including phenoxy) is 3. The van der Waals surface area contributed by atoms with Crippen LogP contribution in [0.15, 0.2) is 18.2 Å². The summed E-state index contributed by atoms with van der Waals surface area (Å²) in [6.07, 6.45) is 0. The van der Waals surface area contributed by atoms with Crippen LogP contribution >= 0.6 is 11.3 Å². The first-order valence-corrected chi connectivity index (χ1v) is 8.52. The molecule has 0 aliphatic heterocycles. The highest BCUT2D eigenvalue weighted by atomic mass is 32.1. The van der Waals surface area contributed by atoms with Crippen LogP contribution in [0.1, 0.15) is 33.3 Å². The standard InChI is InChI=1S/C18H20N2O4S/c1-5-24-18(21)16-11(2)14(9-19)17(25-16)20-10-12-6-7-13(22-3)8-15(12)23-4/h6-8,20H,5,10H2,1-4H3. The van der Waals surface area contributed by atoms with E-state index in [9.17, 15) is 10.1 Å². The van der Waals surface area contributed by atoms with E-state index in [0.717, 1.165) is 5.56 Å². The fourth-order valence-corrected chi connectivity index (χ4v) is 3.38. The van der Waals surface area contributed by atoms with Crippen molar-refractivity contribution < 1.29 is 19.0 Å². The number of methoxy groups -OCH3 is 2. The van der Waals surface area contributed by atoms with Gasteiger partial charge in [-0.05, 0) is 31.5 Å². The first-order valence-electron chi connectivity index (χ1n) is 7.71. The number of carbonyl (C=O) groups excluding carboxylic acids is 1. The smallest absolute Gasteiger partial charge is 0.348 e. The average molecular weight is 360 g/mol. The summed E-state index contributed by atoms with van der Waals surface area (Å²) in [5, 5.41) is 13.3. The molecule has 0 bridgehead atoms. The zero-order valence-corrected chi connectivity index (χ0v) is 15.5. The predicted octanol–water partition coefficient (Wildman–Crippen LogP) is 3.73. The van der Waals surface area contributed by atoms with Crippen LogP contribution in [0.25, 0.3) is 0 Å². The van der Waals surface area contributed by atoms with Crippen LogP contribution in [-0.2, 0) is 11.3 Å². The van der Waals surface area contributed by atoms with Crippen molar-refractivity contribution in [1.29, 1.82) is 5.26 Å². The molecule has 0 saturated heterocycles. The zero-order valence-electron chi connectivity index (χ0n) is 14.6. The second-order valence-corrected chi connectivity index (χ2v) is 6.14. The Hall–Kier alpha value is -2.72. The second-order valence-electron chi connectivity index (χ2n) is 5.12. The summed E-state index contributed by atoms with van der Waals surface area (Å²) in [5.74, 6) is 0.982. The molecule has 1 aromatic carbocycles. The van der Waals surface area contributed by atoms with Gasteiger partial charge in [0.1, 0.15) is 27.4 Å². The number of thiophene rings is 1. The van der Waals surface area contributed by atoms with Crippen LogP contribution in [0.3, 0.4) is 0 Å². The van der Waals surface area contributed by atoms with Gasteiger partial charge in [0, 0.05) is 18.2 Å². The van der Waals surface area contributed by atoms with Crippen molar-refractivity contribution in [2.45, 2.75) is 20.4 Å². The SMILES string of the molecule is CCOC(=O)c1sc(NCc2ccc(OC)cc2OC)c(C#N)c1C. The van der Waals surface area contributed by atoms with Crippen LogP contribution in [0, 0.1) is 18.3 Å². The van der Waals surface area contributed by atoms with Gasteiger partial charge in [0.15, 0.2) is 0 Å². The summed E-state index contributed by atoms with van der Waals surface area (Å²) in [7, 11) is 3.18.